The van der Waals surface area contributed by atoms with E-state index < -0.39 is 10.8 Å². The van der Waals surface area contributed by atoms with Crippen LogP contribution < -0.4 is 5.32 Å². The summed E-state index contributed by atoms with van der Waals surface area (Å²) in [5.41, 5.74) is 0. The van der Waals surface area contributed by atoms with E-state index in [0.29, 0.717) is 6.04 Å². The van der Waals surface area contributed by atoms with Crippen LogP contribution >= 0.6 is 0 Å². The Labute approximate surface area is 108 Å². The SMILES string of the molecule is CCS(=O)CCN1C2CCCC1CC(NC)C2. The van der Waals surface area contributed by atoms with Gasteiger partial charge in [0.25, 0.3) is 0 Å². The van der Waals surface area contributed by atoms with Crippen LogP contribution in [0.1, 0.15) is 39.0 Å². The van der Waals surface area contributed by atoms with Crippen molar-refractivity contribution in [2.24, 2.45) is 0 Å². The van der Waals surface area contributed by atoms with Crippen molar-refractivity contribution in [3.8, 4) is 0 Å². The van der Waals surface area contributed by atoms with Gasteiger partial charge in [-0.2, -0.15) is 0 Å². The van der Waals surface area contributed by atoms with E-state index in [0.717, 1.165) is 30.1 Å². The molecule has 2 bridgehead atoms. The molecule has 1 N–H and O–H groups in total. The normalized spacial score (nSPS) is 35.8. The predicted molar refractivity (Wildman–Crippen MR) is 73.8 cm³/mol. The zero-order chi connectivity index (χ0) is 12.3. The molecule has 2 aliphatic rings. The van der Waals surface area contributed by atoms with Crippen molar-refractivity contribution in [3.63, 3.8) is 0 Å². The van der Waals surface area contributed by atoms with Gasteiger partial charge in [-0.3, -0.25) is 9.11 Å². The van der Waals surface area contributed by atoms with E-state index in [9.17, 15) is 4.21 Å². The van der Waals surface area contributed by atoms with E-state index >= 15 is 0 Å². The Hall–Kier alpha value is 0.0700. The average molecular weight is 258 g/mol. The number of nitrogens with one attached hydrogen (secondary N) is 1. The molecule has 2 fully saturated rings. The van der Waals surface area contributed by atoms with Gasteiger partial charge in [0, 0.05) is 47.0 Å². The Morgan fingerprint density at radius 1 is 1.29 bits per heavy atom. The molecule has 0 aromatic heterocycles. The van der Waals surface area contributed by atoms with Crippen LogP contribution in [0.15, 0.2) is 0 Å². The molecule has 2 rings (SSSR count). The summed E-state index contributed by atoms with van der Waals surface area (Å²) in [4.78, 5) is 2.66. The highest BCUT2D eigenvalue weighted by atomic mass is 32.2. The lowest BCUT2D eigenvalue weighted by Crippen LogP contribution is -2.56. The third kappa shape index (κ3) is 3.30. The standard InChI is InChI=1S/C13H26N2OS/c1-3-17(16)8-7-15-12-5-4-6-13(15)10-11(9-12)14-2/h11-14H,3-10H2,1-2H3. The number of rotatable bonds is 5. The van der Waals surface area contributed by atoms with E-state index in [1.54, 1.807) is 0 Å². The molecule has 3 nitrogen and oxygen atoms in total. The number of nitrogens with zero attached hydrogens (tertiary/aromatic N) is 1. The Morgan fingerprint density at radius 3 is 2.47 bits per heavy atom. The van der Waals surface area contributed by atoms with Gasteiger partial charge in [-0.15, -0.1) is 0 Å². The van der Waals surface area contributed by atoms with E-state index in [4.69, 9.17) is 0 Å². The first-order valence-electron chi connectivity index (χ1n) is 7.02. The smallest absolute Gasteiger partial charge is 0.0362 e. The summed E-state index contributed by atoms with van der Waals surface area (Å²) in [7, 11) is 1.48. The van der Waals surface area contributed by atoms with E-state index in [2.05, 4.69) is 17.3 Å². The van der Waals surface area contributed by atoms with Crippen LogP contribution in [0.2, 0.25) is 0 Å². The van der Waals surface area contributed by atoms with Gasteiger partial charge in [-0.1, -0.05) is 13.3 Å². The van der Waals surface area contributed by atoms with Crippen molar-refractivity contribution in [1.82, 2.24) is 10.2 Å². The van der Waals surface area contributed by atoms with Crippen molar-refractivity contribution in [3.05, 3.63) is 0 Å². The fourth-order valence-electron chi connectivity index (χ4n) is 3.43. The molecule has 100 valence electrons. The molecule has 3 atom stereocenters. The minimum absolute atomic E-state index is 0.604. The molecule has 0 aliphatic carbocycles. The minimum Gasteiger partial charge on any atom is -0.317 e. The van der Waals surface area contributed by atoms with Crippen LogP contribution in [0.3, 0.4) is 0 Å². The van der Waals surface area contributed by atoms with Crippen LogP contribution in [0.4, 0.5) is 0 Å². The molecular weight excluding hydrogens is 232 g/mol. The molecule has 0 aromatic carbocycles. The highest BCUT2D eigenvalue weighted by molar-refractivity contribution is 7.84. The first kappa shape index (κ1) is 13.5. The summed E-state index contributed by atoms with van der Waals surface area (Å²) in [5, 5.41) is 3.44. The van der Waals surface area contributed by atoms with Crippen molar-refractivity contribution >= 4 is 10.8 Å². The van der Waals surface area contributed by atoms with Gasteiger partial charge in [0.05, 0.1) is 0 Å². The second-order valence-corrected chi connectivity index (χ2v) is 7.23. The first-order chi connectivity index (χ1) is 8.24. The van der Waals surface area contributed by atoms with Gasteiger partial charge >= 0.3 is 0 Å². The van der Waals surface area contributed by atoms with Crippen molar-refractivity contribution in [2.75, 3.05) is 25.1 Å². The van der Waals surface area contributed by atoms with Crippen LogP contribution in [-0.2, 0) is 10.8 Å². The Bertz CT molecular complexity index is 258. The summed E-state index contributed by atoms with van der Waals surface area (Å²) < 4.78 is 11.6. The summed E-state index contributed by atoms with van der Waals surface area (Å²) in [6.45, 7) is 3.07. The summed E-state index contributed by atoms with van der Waals surface area (Å²) in [5.74, 6) is 1.68. The zero-order valence-electron chi connectivity index (χ0n) is 11.2. The van der Waals surface area contributed by atoms with Crippen LogP contribution in [0.25, 0.3) is 0 Å². The monoisotopic (exact) mass is 258 g/mol. The number of hydrogen-bond donors (Lipinski definition) is 1. The van der Waals surface area contributed by atoms with Gasteiger partial charge in [-0.25, -0.2) is 0 Å². The zero-order valence-corrected chi connectivity index (χ0v) is 12.0. The van der Waals surface area contributed by atoms with E-state index in [-0.39, 0.29) is 0 Å². The Balaban J connectivity index is 1.91. The minimum atomic E-state index is -0.604. The summed E-state index contributed by atoms with van der Waals surface area (Å²) in [6.07, 6.45) is 6.64. The number of piperidine rings is 2. The molecule has 2 aliphatic heterocycles. The van der Waals surface area contributed by atoms with Crippen LogP contribution in [0, 0.1) is 0 Å². The van der Waals surface area contributed by atoms with Gasteiger partial charge < -0.3 is 5.32 Å². The molecule has 0 radical (unpaired) electrons. The Morgan fingerprint density at radius 2 is 1.94 bits per heavy atom. The second kappa shape index (κ2) is 6.30. The van der Waals surface area contributed by atoms with Crippen molar-refractivity contribution in [1.29, 1.82) is 0 Å². The predicted octanol–water partition coefficient (Wildman–Crippen LogP) is 1.36. The molecule has 17 heavy (non-hydrogen) atoms. The maximum atomic E-state index is 11.6. The number of fused-ring (bicyclic) bond motifs is 2. The second-order valence-electron chi connectivity index (χ2n) is 5.37. The lowest BCUT2D eigenvalue weighted by Gasteiger charge is -2.49. The fraction of sp³-hybridized carbons (Fsp3) is 1.00. The molecule has 2 saturated heterocycles. The molecule has 3 unspecified atom stereocenters. The first-order valence-corrected chi connectivity index (χ1v) is 8.51. The maximum absolute atomic E-state index is 11.6. The fourth-order valence-corrected chi connectivity index (χ4v) is 4.13. The largest absolute Gasteiger partial charge is 0.317 e. The van der Waals surface area contributed by atoms with Crippen molar-refractivity contribution in [2.45, 2.75) is 57.2 Å². The van der Waals surface area contributed by atoms with Gasteiger partial charge in [0.2, 0.25) is 0 Å². The lowest BCUT2D eigenvalue weighted by atomic mass is 9.82. The molecule has 4 heteroatoms. The molecule has 2 heterocycles. The third-order valence-corrected chi connectivity index (χ3v) is 5.72. The maximum Gasteiger partial charge on any atom is 0.0362 e. The highest BCUT2D eigenvalue weighted by Crippen LogP contribution is 2.33. The topological polar surface area (TPSA) is 32.3 Å². The number of hydrogen-bond acceptors (Lipinski definition) is 3. The molecule has 0 spiro atoms. The summed E-state index contributed by atoms with van der Waals surface area (Å²) >= 11 is 0. The van der Waals surface area contributed by atoms with E-state index in [1.807, 2.05) is 6.92 Å². The molecule has 0 amide bonds. The van der Waals surface area contributed by atoms with Crippen molar-refractivity contribution < 1.29 is 4.21 Å². The van der Waals surface area contributed by atoms with Gasteiger partial charge in [-0.05, 0) is 32.7 Å². The summed E-state index contributed by atoms with van der Waals surface area (Å²) in [6, 6.07) is 2.20. The quantitative estimate of drug-likeness (QED) is 0.808. The lowest BCUT2D eigenvalue weighted by molar-refractivity contribution is 0.0317. The molecule has 0 aromatic rings. The van der Waals surface area contributed by atoms with Gasteiger partial charge in [0.1, 0.15) is 0 Å². The Kier molecular flexibility index (Phi) is 5.00. The molecule has 0 saturated carbocycles. The van der Waals surface area contributed by atoms with Gasteiger partial charge in [0.15, 0.2) is 0 Å². The highest BCUT2D eigenvalue weighted by Gasteiger charge is 2.37. The third-order valence-electron chi connectivity index (χ3n) is 4.43. The van der Waals surface area contributed by atoms with Crippen LogP contribution in [0.5, 0.6) is 0 Å². The van der Waals surface area contributed by atoms with E-state index in [1.165, 1.54) is 32.1 Å². The van der Waals surface area contributed by atoms with Crippen LogP contribution in [-0.4, -0.2) is 52.3 Å². The average Bonchev–Trinajstić information content (AvgIpc) is 2.34. The molecular formula is C13H26N2OS.